The molecule has 0 saturated heterocycles. The van der Waals surface area contributed by atoms with E-state index in [0.717, 1.165) is 0 Å². The molecule has 0 aromatic rings. The number of carboxylic acids is 1. The Balaban J connectivity index is 4.68. The summed E-state index contributed by atoms with van der Waals surface area (Å²) >= 11 is 0. The summed E-state index contributed by atoms with van der Waals surface area (Å²) in [6.45, 7) is 7.16. The monoisotopic (exact) mass is 230 g/mol. The highest BCUT2D eigenvalue weighted by atomic mass is 16.4. The Morgan fingerprint density at radius 3 is 2.12 bits per heavy atom. The van der Waals surface area contributed by atoms with Crippen molar-refractivity contribution in [1.29, 1.82) is 0 Å². The third kappa shape index (κ3) is 4.18. The van der Waals surface area contributed by atoms with Crippen LogP contribution >= 0.6 is 0 Å². The van der Waals surface area contributed by atoms with Crippen LogP contribution in [0.25, 0.3) is 0 Å². The third-order valence-corrected chi connectivity index (χ3v) is 2.46. The molecule has 2 atom stereocenters. The number of rotatable bonds is 6. The standard InChI is InChI=1S/C11H22N2O3/c1-7(2)6-11(4,10(15)16)13-8(3)9(14)12-5/h7-8,13H,6H2,1-5H3,(H,12,14)(H,15,16). The number of carbonyl (C=O) groups excluding carboxylic acids is 1. The van der Waals surface area contributed by atoms with E-state index in [4.69, 9.17) is 0 Å². The van der Waals surface area contributed by atoms with Crippen molar-refractivity contribution < 1.29 is 14.7 Å². The van der Waals surface area contributed by atoms with Crippen molar-refractivity contribution in [3.05, 3.63) is 0 Å². The Bertz CT molecular complexity index is 266. The molecule has 0 heterocycles. The van der Waals surface area contributed by atoms with Crippen molar-refractivity contribution in [1.82, 2.24) is 10.6 Å². The zero-order chi connectivity index (χ0) is 12.9. The van der Waals surface area contributed by atoms with E-state index in [0.29, 0.717) is 6.42 Å². The van der Waals surface area contributed by atoms with E-state index in [1.54, 1.807) is 13.8 Å². The first-order valence-corrected chi connectivity index (χ1v) is 5.45. The lowest BCUT2D eigenvalue weighted by atomic mass is 9.90. The molecule has 0 radical (unpaired) electrons. The Morgan fingerprint density at radius 1 is 1.31 bits per heavy atom. The zero-order valence-electron chi connectivity index (χ0n) is 10.6. The average Bonchev–Trinajstić information content (AvgIpc) is 2.14. The van der Waals surface area contributed by atoms with Gasteiger partial charge in [0, 0.05) is 7.05 Å². The van der Waals surface area contributed by atoms with Gasteiger partial charge in [0.05, 0.1) is 6.04 Å². The molecule has 3 N–H and O–H groups in total. The molecule has 0 aromatic carbocycles. The fourth-order valence-corrected chi connectivity index (χ4v) is 1.78. The predicted molar refractivity (Wildman–Crippen MR) is 62.2 cm³/mol. The number of carbonyl (C=O) groups is 2. The summed E-state index contributed by atoms with van der Waals surface area (Å²) in [5, 5.41) is 14.5. The van der Waals surface area contributed by atoms with Gasteiger partial charge in [0.25, 0.3) is 0 Å². The van der Waals surface area contributed by atoms with Crippen molar-refractivity contribution in [2.75, 3.05) is 7.05 Å². The second-order valence-corrected chi connectivity index (χ2v) is 4.72. The molecule has 0 fully saturated rings. The maximum atomic E-state index is 11.3. The minimum absolute atomic E-state index is 0.212. The van der Waals surface area contributed by atoms with Gasteiger partial charge in [0.1, 0.15) is 5.54 Å². The molecule has 0 aliphatic heterocycles. The highest BCUT2D eigenvalue weighted by molar-refractivity contribution is 5.83. The molecule has 0 saturated carbocycles. The van der Waals surface area contributed by atoms with Crippen LogP contribution in [0.15, 0.2) is 0 Å². The van der Waals surface area contributed by atoms with E-state index < -0.39 is 17.6 Å². The number of nitrogens with one attached hydrogen (secondary N) is 2. The van der Waals surface area contributed by atoms with E-state index in [-0.39, 0.29) is 11.8 Å². The molecule has 5 heteroatoms. The van der Waals surface area contributed by atoms with Crippen LogP contribution in [-0.4, -0.2) is 35.6 Å². The van der Waals surface area contributed by atoms with Crippen LogP contribution < -0.4 is 10.6 Å². The molecular weight excluding hydrogens is 208 g/mol. The number of likely N-dealkylation sites (N-methyl/N-ethyl adjacent to an activating group) is 1. The zero-order valence-corrected chi connectivity index (χ0v) is 10.6. The van der Waals surface area contributed by atoms with Crippen molar-refractivity contribution >= 4 is 11.9 Å². The Morgan fingerprint density at radius 2 is 1.81 bits per heavy atom. The van der Waals surface area contributed by atoms with Crippen LogP contribution in [0.3, 0.4) is 0 Å². The number of carboxylic acid groups (broad SMARTS) is 1. The van der Waals surface area contributed by atoms with Crippen LogP contribution in [0, 0.1) is 5.92 Å². The summed E-state index contributed by atoms with van der Waals surface area (Å²) in [5.41, 5.74) is -1.07. The van der Waals surface area contributed by atoms with E-state index in [1.165, 1.54) is 7.05 Å². The van der Waals surface area contributed by atoms with Gasteiger partial charge in [-0.3, -0.25) is 14.9 Å². The van der Waals surface area contributed by atoms with Gasteiger partial charge in [-0.2, -0.15) is 0 Å². The molecule has 0 aromatic heterocycles. The Hall–Kier alpha value is -1.10. The molecule has 0 spiro atoms. The van der Waals surface area contributed by atoms with Gasteiger partial charge < -0.3 is 10.4 Å². The summed E-state index contributed by atoms with van der Waals surface area (Å²) in [5.74, 6) is -0.904. The molecule has 2 unspecified atom stereocenters. The highest BCUT2D eigenvalue weighted by Gasteiger charge is 2.36. The van der Waals surface area contributed by atoms with Gasteiger partial charge in [0.2, 0.25) is 5.91 Å². The molecule has 5 nitrogen and oxygen atoms in total. The number of hydrogen-bond donors (Lipinski definition) is 3. The lowest BCUT2D eigenvalue weighted by Crippen LogP contribution is -2.57. The number of aliphatic carboxylic acids is 1. The third-order valence-electron chi connectivity index (χ3n) is 2.46. The molecule has 1 amide bonds. The quantitative estimate of drug-likeness (QED) is 0.624. The maximum absolute atomic E-state index is 11.3. The fraction of sp³-hybridized carbons (Fsp3) is 0.818. The fourth-order valence-electron chi connectivity index (χ4n) is 1.78. The van der Waals surface area contributed by atoms with Gasteiger partial charge in [-0.05, 0) is 26.2 Å². The first-order valence-electron chi connectivity index (χ1n) is 5.45. The van der Waals surface area contributed by atoms with Gasteiger partial charge in [0.15, 0.2) is 0 Å². The minimum atomic E-state index is -1.07. The highest BCUT2D eigenvalue weighted by Crippen LogP contribution is 2.17. The second-order valence-electron chi connectivity index (χ2n) is 4.72. The van der Waals surface area contributed by atoms with Gasteiger partial charge in [-0.25, -0.2) is 0 Å². The maximum Gasteiger partial charge on any atom is 0.323 e. The van der Waals surface area contributed by atoms with Crippen LogP contribution in [-0.2, 0) is 9.59 Å². The lowest BCUT2D eigenvalue weighted by molar-refractivity contribution is -0.145. The smallest absolute Gasteiger partial charge is 0.323 e. The van der Waals surface area contributed by atoms with E-state index in [1.807, 2.05) is 13.8 Å². The molecule has 0 rings (SSSR count). The SMILES string of the molecule is CNC(=O)C(C)NC(C)(CC(C)C)C(=O)O. The van der Waals surface area contributed by atoms with Crippen molar-refractivity contribution in [2.24, 2.45) is 5.92 Å². The lowest BCUT2D eigenvalue weighted by Gasteiger charge is -2.30. The van der Waals surface area contributed by atoms with Gasteiger partial charge in [-0.15, -0.1) is 0 Å². The van der Waals surface area contributed by atoms with Crippen molar-refractivity contribution in [3.8, 4) is 0 Å². The summed E-state index contributed by atoms with van der Waals surface area (Å²) in [7, 11) is 1.53. The van der Waals surface area contributed by atoms with Gasteiger partial charge in [-0.1, -0.05) is 13.8 Å². The van der Waals surface area contributed by atoms with Crippen molar-refractivity contribution in [2.45, 2.75) is 45.7 Å². The first kappa shape index (κ1) is 14.9. The normalized spacial score (nSPS) is 16.6. The summed E-state index contributed by atoms with van der Waals surface area (Å²) in [6, 6.07) is -0.523. The number of amides is 1. The second kappa shape index (κ2) is 5.84. The first-order chi connectivity index (χ1) is 7.23. The predicted octanol–water partition coefficient (Wildman–Crippen LogP) is 0.600. The van der Waals surface area contributed by atoms with E-state index in [2.05, 4.69) is 10.6 Å². The summed E-state index contributed by atoms with van der Waals surface area (Å²) in [6.07, 6.45) is 0.476. The van der Waals surface area contributed by atoms with Crippen LogP contribution in [0.1, 0.15) is 34.1 Å². The summed E-state index contributed by atoms with van der Waals surface area (Å²) in [4.78, 5) is 22.5. The molecule has 0 bridgehead atoms. The average molecular weight is 230 g/mol. The largest absolute Gasteiger partial charge is 0.480 e. The molecule has 94 valence electrons. The van der Waals surface area contributed by atoms with Gasteiger partial charge >= 0.3 is 5.97 Å². The molecule has 0 aliphatic carbocycles. The van der Waals surface area contributed by atoms with Crippen molar-refractivity contribution in [3.63, 3.8) is 0 Å². The van der Waals surface area contributed by atoms with Crippen LogP contribution in [0.4, 0.5) is 0 Å². The van der Waals surface area contributed by atoms with Crippen LogP contribution in [0.5, 0.6) is 0 Å². The molecule has 16 heavy (non-hydrogen) atoms. The van der Waals surface area contributed by atoms with E-state index >= 15 is 0 Å². The summed E-state index contributed by atoms with van der Waals surface area (Å²) < 4.78 is 0. The number of hydrogen-bond acceptors (Lipinski definition) is 3. The molecule has 0 aliphatic rings. The minimum Gasteiger partial charge on any atom is -0.480 e. The van der Waals surface area contributed by atoms with Crippen LogP contribution in [0.2, 0.25) is 0 Å². The topological polar surface area (TPSA) is 78.4 Å². The Kier molecular flexibility index (Phi) is 5.44. The Labute approximate surface area is 96.6 Å². The molecular formula is C11H22N2O3. The van der Waals surface area contributed by atoms with E-state index in [9.17, 15) is 14.7 Å².